The van der Waals surface area contributed by atoms with Crippen molar-refractivity contribution in [2.45, 2.75) is 58.6 Å². The second-order valence-corrected chi connectivity index (χ2v) is 5.75. The molecule has 2 unspecified atom stereocenters. The van der Waals surface area contributed by atoms with Gasteiger partial charge in [-0.1, -0.05) is 13.8 Å². The highest BCUT2D eigenvalue weighted by Crippen LogP contribution is 2.24. The first-order chi connectivity index (χ1) is 10.2. The van der Waals surface area contributed by atoms with Crippen molar-refractivity contribution >= 4 is 11.6 Å². The fraction of sp³-hybridized carbons (Fsp3) is 0.750. The van der Waals surface area contributed by atoms with Crippen LogP contribution in [-0.2, 0) is 11.2 Å². The number of rotatable bonds is 7. The Balaban J connectivity index is 2.21. The van der Waals surface area contributed by atoms with Crippen LogP contribution in [0.25, 0.3) is 0 Å². The van der Waals surface area contributed by atoms with Crippen molar-refractivity contribution in [2.75, 3.05) is 30.4 Å². The molecule has 0 amide bonds. The van der Waals surface area contributed by atoms with E-state index in [1.165, 1.54) is 0 Å². The van der Waals surface area contributed by atoms with Crippen LogP contribution in [0.4, 0.5) is 11.6 Å². The van der Waals surface area contributed by atoms with Crippen LogP contribution < -0.4 is 10.2 Å². The smallest absolute Gasteiger partial charge is 0.134 e. The predicted octanol–water partition coefficient (Wildman–Crippen LogP) is 2.86. The maximum atomic E-state index is 5.68. The third-order valence-electron chi connectivity index (χ3n) is 3.98. The first kappa shape index (κ1) is 16.0. The van der Waals surface area contributed by atoms with E-state index in [1.807, 2.05) is 0 Å². The van der Waals surface area contributed by atoms with Gasteiger partial charge in [0.15, 0.2) is 0 Å². The zero-order valence-corrected chi connectivity index (χ0v) is 13.7. The van der Waals surface area contributed by atoms with E-state index >= 15 is 0 Å². The van der Waals surface area contributed by atoms with Gasteiger partial charge >= 0.3 is 0 Å². The molecule has 2 atom stereocenters. The van der Waals surface area contributed by atoms with Gasteiger partial charge in [-0.15, -0.1) is 0 Å². The Hall–Kier alpha value is -1.36. The third kappa shape index (κ3) is 4.06. The van der Waals surface area contributed by atoms with Gasteiger partial charge in [0.05, 0.1) is 12.1 Å². The van der Waals surface area contributed by atoms with Crippen LogP contribution >= 0.6 is 0 Å². The van der Waals surface area contributed by atoms with Crippen molar-refractivity contribution in [1.82, 2.24) is 9.97 Å². The van der Waals surface area contributed by atoms with Gasteiger partial charge in [0, 0.05) is 32.7 Å². The first-order valence-corrected chi connectivity index (χ1v) is 8.12. The lowest BCUT2D eigenvalue weighted by Crippen LogP contribution is -2.37. The third-order valence-corrected chi connectivity index (χ3v) is 3.98. The minimum Gasteiger partial charge on any atom is -0.376 e. The molecule has 0 radical (unpaired) electrons. The molecule has 1 N–H and O–H groups in total. The molecule has 1 aromatic rings. The Morgan fingerprint density at radius 1 is 1.33 bits per heavy atom. The van der Waals surface area contributed by atoms with Crippen molar-refractivity contribution in [3.63, 3.8) is 0 Å². The van der Waals surface area contributed by atoms with Gasteiger partial charge in [0.25, 0.3) is 0 Å². The van der Waals surface area contributed by atoms with E-state index in [2.05, 4.69) is 49.1 Å². The molecule has 5 nitrogen and oxygen atoms in total. The molecule has 2 heterocycles. The molecule has 5 heteroatoms. The summed E-state index contributed by atoms with van der Waals surface area (Å²) in [5, 5.41) is 3.38. The molecule has 0 spiro atoms. The second-order valence-electron chi connectivity index (χ2n) is 5.75. The molecule has 1 aliphatic rings. The normalized spacial score (nSPS) is 21.5. The summed E-state index contributed by atoms with van der Waals surface area (Å²) in [7, 11) is 2.11. The van der Waals surface area contributed by atoms with Crippen LogP contribution in [0.3, 0.4) is 0 Å². The molecule has 1 aliphatic heterocycles. The van der Waals surface area contributed by atoms with Crippen LogP contribution in [0.1, 0.15) is 45.9 Å². The number of nitrogens with one attached hydrogen (secondary N) is 1. The Labute approximate surface area is 128 Å². The number of aryl methyl sites for hydroxylation is 1. The maximum absolute atomic E-state index is 5.68. The van der Waals surface area contributed by atoms with E-state index in [9.17, 15) is 0 Å². The highest BCUT2D eigenvalue weighted by molar-refractivity contribution is 5.50. The van der Waals surface area contributed by atoms with Gasteiger partial charge in [0.1, 0.15) is 17.5 Å². The summed E-state index contributed by atoms with van der Waals surface area (Å²) < 4.78 is 5.68. The fourth-order valence-electron chi connectivity index (χ4n) is 2.74. The zero-order valence-electron chi connectivity index (χ0n) is 13.7. The Kier molecular flexibility index (Phi) is 5.79. The number of nitrogens with zero attached hydrogens (tertiary/aromatic N) is 3. The van der Waals surface area contributed by atoms with Crippen molar-refractivity contribution in [3.8, 4) is 0 Å². The van der Waals surface area contributed by atoms with Crippen molar-refractivity contribution in [1.29, 1.82) is 0 Å². The van der Waals surface area contributed by atoms with E-state index in [0.717, 1.165) is 56.3 Å². The van der Waals surface area contributed by atoms with Crippen LogP contribution in [-0.4, -0.2) is 42.3 Å². The zero-order chi connectivity index (χ0) is 15.2. The Bertz CT molecular complexity index is 452. The maximum Gasteiger partial charge on any atom is 0.134 e. The van der Waals surface area contributed by atoms with E-state index < -0.39 is 0 Å². The largest absolute Gasteiger partial charge is 0.376 e. The SMILES string of the molecule is CCCNc1cc(N(C)C2CCOC2C)nc(CCC)n1. The summed E-state index contributed by atoms with van der Waals surface area (Å²) in [6, 6.07) is 2.45. The minimum absolute atomic E-state index is 0.256. The van der Waals surface area contributed by atoms with Gasteiger partial charge < -0.3 is 15.0 Å². The molecule has 0 aromatic carbocycles. The summed E-state index contributed by atoms with van der Waals surface area (Å²) in [5.41, 5.74) is 0. The van der Waals surface area contributed by atoms with Crippen LogP contribution in [0.15, 0.2) is 6.07 Å². The van der Waals surface area contributed by atoms with Gasteiger partial charge in [0.2, 0.25) is 0 Å². The quantitative estimate of drug-likeness (QED) is 0.837. The molecule has 118 valence electrons. The van der Waals surface area contributed by atoms with Crippen molar-refractivity contribution in [3.05, 3.63) is 11.9 Å². The summed E-state index contributed by atoms with van der Waals surface area (Å²) in [5.74, 6) is 2.85. The molecule has 1 aromatic heterocycles. The van der Waals surface area contributed by atoms with Gasteiger partial charge in [-0.2, -0.15) is 0 Å². The number of hydrogen-bond acceptors (Lipinski definition) is 5. The number of ether oxygens (including phenoxy) is 1. The fourth-order valence-corrected chi connectivity index (χ4v) is 2.74. The number of likely N-dealkylation sites (N-methyl/N-ethyl adjacent to an activating group) is 1. The second kappa shape index (κ2) is 7.59. The average molecular weight is 292 g/mol. The lowest BCUT2D eigenvalue weighted by molar-refractivity contribution is 0.118. The van der Waals surface area contributed by atoms with Gasteiger partial charge in [-0.05, 0) is 26.2 Å². The molecular weight excluding hydrogens is 264 g/mol. The minimum atomic E-state index is 0.256. The highest BCUT2D eigenvalue weighted by Gasteiger charge is 2.29. The van der Waals surface area contributed by atoms with Crippen LogP contribution in [0.5, 0.6) is 0 Å². The molecule has 0 saturated carbocycles. The van der Waals surface area contributed by atoms with E-state index in [0.29, 0.717) is 6.04 Å². The topological polar surface area (TPSA) is 50.3 Å². The number of aromatic nitrogens is 2. The van der Waals surface area contributed by atoms with E-state index in [4.69, 9.17) is 9.72 Å². The summed E-state index contributed by atoms with van der Waals surface area (Å²) in [6.45, 7) is 8.23. The summed E-state index contributed by atoms with van der Waals surface area (Å²) >= 11 is 0. The van der Waals surface area contributed by atoms with Gasteiger partial charge in [-0.25, -0.2) is 9.97 Å². The highest BCUT2D eigenvalue weighted by atomic mass is 16.5. The molecule has 0 bridgehead atoms. The van der Waals surface area contributed by atoms with Gasteiger partial charge in [-0.3, -0.25) is 0 Å². The Morgan fingerprint density at radius 2 is 2.14 bits per heavy atom. The summed E-state index contributed by atoms with van der Waals surface area (Å²) in [4.78, 5) is 11.6. The van der Waals surface area contributed by atoms with Crippen LogP contribution in [0.2, 0.25) is 0 Å². The first-order valence-electron chi connectivity index (χ1n) is 8.12. The molecule has 0 aliphatic carbocycles. The van der Waals surface area contributed by atoms with Crippen molar-refractivity contribution in [2.24, 2.45) is 0 Å². The summed E-state index contributed by atoms with van der Waals surface area (Å²) in [6.07, 6.45) is 4.38. The lowest BCUT2D eigenvalue weighted by atomic mass is 10.1. The molecule has 2 rings (SSSR count). The lowest BCUT2D eigenvalue weighted by Gasteiger charge is -2.28. The van der Waals surface area contributed by atoms with Crippen LogP contribution in [0, 0.1) is 0 Å². The molecule has 1 saturated heterocycles. The standard InChI is InChI=1S/C16H28N4O/c1-5-7-14-18-15(17-9-6-2)11-16(19-14)20(4)13-8-10-21-12(13)3/h11-13H,5-10H2,1-4H3,(H,17,18,19). The monoisotopic (exact) mass is 292 g/mol. The molecular formula is C16H28N4O. The number of hydrogen-bond donors (Lipinski definition) is 1. The molecule has 1 fully saturated rings. The van der Waals surface area contributed by atoms with E-state index in [-0.39, 0.29) is 6.10 Å². The number of anilines is 2. The predicted molar refractivity (Wildman–Crippen MR) is 87.0 cm³/mol. The Morgan fingerprint density at radius 3 is 2.76 bits per heavy atom. The van der Waals surface area contributed by atoms with Crippen molar-refractivity contribution < 1.29 is 4.74 Å². The average Bonchev–Trinajstić information content (AvgIpc) is 2.90. The van der Waals surface area contributed by atoms with E-state index in [1.54, 1.807) is 0 Å². The molecule has 21 heavy (non-hydrogen) atoms.